The Morgan fingerprint density at radius 1 is 1.06 bits per heavy atom. The lowest BCUT2D eigenvalue weighted by Crippen LogP contribution is -2.12. The fourth-order valence-electron chi connectivity index (χ4n) is 3.39. The topological polar surface area (TPSA) is 112 Å². The van der Waals surface area contributed by atoms with E-state index in [2.05, 4.69) is 15.4 Å². The normalized spacial score (nSPS) is 11.2. The maximum absolute atomic E-state index is 12.9. The predicted octanol–water partition coefficient (Wildman–Crippen LogP) is 5.43. The number of hydrogen-bond donors (Lipinski definition) is 1. The van der Waals surface area contributed by atoms with Crippen LogP contribution in [0.3, 0.4) is 0 Å². The molecule has 0 atom stereocenters. The average molecular weight is 497 g/mol. The number of nitrogens with zero attached hydrogens (tertiary/aromatic N) is 4. The van der Waals surface area contributed by atoms with Crippen LogP contribution in [-0.2, 0) is 6.18 Å². The van der Waals surface area contributed by atoms with Gasteiger partial charge in [-0.05, 0) is 49.4 Å². The van der Waals surface area contributed by atoms with E-state index < -0.39 is 22.6 Å². The van der Waals surface area contributed by atoms with Crippen LogP contribution in [-0.4, -0.2) is 32.7 Å². The van der Waals surface area contributed by atoms with Crippen molar-refractivity contribution in [1.29, 1.82) is 0 Å². The highest BCUT2D eigenvalue weighted by molar-refractivity contribution is 6.04. The molecule has 0 aliphatic rings. The van der Waals surface area contributed by atoms with Crippen molar-refractivity contribution in [2.75, 3.05) is 12.4 Å². The zero-order chi connectivity index (χ0) is 26.0. The summed E-state index contributed by atoms with van der Waals surface area (Å²) in [4.78, 5) is 27.4. The van der Waals surface area contributed by atoms with Gasteiger partial charge in [0.1, 0.15) is 0 Å². The number of aromatic nitrogens is 3. The van der Waals surface area contributed by atoms with Crippen LogP contribution in [0.4, 0.5) is 24.5 Å². The summed E-state index contributed by atoms with van der Waals surface area (Å²) in [5.74, 6) is -0.275. The van der Waals surface area contributed by atoms with E-state index in [1.54, 1.807) is 31.2 Å². The van der Waals surface area contributed by atoms with Gasteiger partial charge in [-0.2, -0.15) is 18.2 Å². The van der Waals surface area contributed by atoms with Crippen molar-refractivity contribution < 1.29 is 27.6 Å². The molecule has 0 spiro atoms. The van der Waals surface area contributed by atoms with Crippen molar-refractivity contribution in [2.45, 2.75) is 13.1 Å². The number of anilines is 1. The smallest absolute Gasteiger partial charge is 0.416 e. The first-order chi connectivity index (χ1) is 17.1. The lowest BCUT2D eigenvalue weighted by molar-refractivity contribution is -0.385. The largest absolute Gasteiger partial charge is 0.466 e. The summed E-state index contributed by atoms with van der Waals surface area (Å²) in [6.07, 6.45) is -4.46. The molecule has 4 aromatic rings. The molecule has 1 heterocycles. The molecule has 184 valence electrons. The standard InChI is InChI=1S/C24H18F3N5O4/c1-14-3-4-16(13-20(14)32(34)35)22(33)28-18-9-11-19(12-10-18)31-21(29-23(30-31)36-2)15-5-7-17(8-6-15)24(25,26)27/h3-13H,1-2H3,(H,28,33). The minimum Gasteiger partial charge on any atom is -0.466 e. The third-order valence-corrected chi connectivity index (χ3v) is 5.28. The monoisotopic (exact) mass is 497 g/mol. The molecular weight excluding hydrogens is 479 g/mol. The molecule has 0 radical (unpaired) electrons. The van der Waals surface area contributed by atoms with Gasteiger partial charge in [-0.1, -0.05) is 18.2 Å². The fourth-order valence-corrected chi connectivity index (χ4v) is 3.39. The second kappa shape index (κ2) is 9.49. The Labute approximate surface area is 202 Å². The highest BCUT2D eigenvalue weighted by Gasteiger charge is 2.30. The third kappa shape index (κ3) is 5.02. The number of benzene rings is 3. The Morgan fingerprint density at radius 3 is 2.31 bits per heavy atom. The Hall–Kier alpha value is -4.74. The van der Waals surface area contributed by atoms with Crippen molar-refractivity contribution in [2.24, 2.45) is 0 Å². The number of halogens is 3. The summed E-state index contributed by atoms with van der Waals surface area (Å²) < 4.78 is 45.3. The second-order valence-corrected chi connectivity index (χ2v) is 7.67. The number of carbonyl (C=O) groups is 1. The molecule has 1 amide bonds. The van der Waals surface area contributed by atoms with Gasteiger partial charge in [0.05, 0.1) is 23.3 Å². The molecule has 1 N–H and O–H groups in total. The van der Waals surface area contributed by atoms with E-state index in [0.717, 1.165) is 12.1 Å². The van der Waals surface area contributed by atoms with Gasteiger partial charge in [0.25, 0.3) is 11.6 Å². The predicted molar refractivity (Wildman–Crippen MR) is 124 cm³/mol. The summed E-state index contributed by atoms with van der Waals surface area (Å²) in [6, 6.07) is 15.1. The molecular formula is C24H18F3N5O4. The van der Waals surface area contributed by atoms with E-state index in [1.807, 2.05) is 0 Å². The Morgan fingerprint density at radius 2 is 1.72 bits per heavy atom. The molecule has 9 nitrogen and oxygen atoms in total. The van der Waals surface area contributed by atoms with Gasteiger partial charge in [-0.3, -0.25) is 14.9 Å². The van der Waals surface area contributed by atoms with Crippen molar-refractivity contribution >= 4 is 17.3 Å². The van der Waals surface area contributed by atoms with Gasteiger partial charge >= 0.3 is 12.2 Å². The second-order valence-electron chi connectivity index (χ2n) is 7.67. The molecule has 1 aromatic heterocycles. The molecule has 0 aliphatic heterocycles. The van der Waals surface area contributed by atoms with Crippen molar-refractivity contribution in [3.63, 3.8) is 0 Å². The van der Waals surface area contributed by atoms with Gasteiger partial charge in [-0.15, -0.1) is 5.10 Å². The van der Waals surface area contributed by atoms with E-state index in [9.17, 15) is 28.1 Å². The first-order valence-electron chi connectivity index (χ1n) is 10.4. The molecule has 0 saturated carbocycles. The molecule has 0 bridgehead atoms. The molecule has 4 rings (SSSR count). The summed E-state index contributed by atoms with van der Waals surface area (Å²) in [6.45, 7) is 1.58. The fraction of sp³-hybridized carbons (Fsp3) is 0.125. The van der Waals surface area contributed by atoms with E-state index >= 15 is 0 Å². The summed E-state index contributed by atoms with van der Waals surface area (Å²) >= 11 is 0. The summed E-state index contributed by atoms with van der Waals surface area (Å²) in [5.41, 5.74) is 0.921. The van der Waals surface area contributed by atoms with Crippen LogP contribution < -0.4 is 10.1 Å². The van der Waals surface area contributed by atoms with Gasteiger partial charge < -0.3 is 10.1 Å². The van der Waals surface area contributed by atoms with E-state index in [1.165, 1.54) is 42.1 Å². The van der Waals surface area contributed by atoms with Crippen LogP contribution in [0.1, 0.15) is 21.5 Å². The first kappa shape index (κ1) is 24.4. The minimum absolute atomic E-state index is 0.0169. The minimum atomic E-state index is -4.46. The Kier molecular flexibility index (Phi) is 6.43. The van der Waals surface area contributed by atoms with Gasteiger partial charge in [0.15, 0.2) is 5.82 Å². The summed E-state index contributed by atoms with van der Waals surface area (Å²) in [7, 11) is 1.37. The molecule has 0 aliphatic carbocycles. The highest BCUT2D eigenvalue weighted by Crippen LogP contribution is 2.31. The maximum Gasteiger partial charge on any atom is 0.416 e. The van der Waals surface area contributed by atoms with Crippen LogP contribution in [0.15, 0.2) is 66.7 Å². The van der Waals surface area contributed by atoms with Gasteiger partial charge in [0.2, 0.25) is 0 Å². The number of carbonyl (C=O) groups excluding carboxylic acids is 1. The third-order valence-electron chi connectivity index (χ3n) is 5.28. The zero-order valence-electron chi connectivity index (χ0n) is 18.9. The number of hydrogen-bond acceptors (Lipinski definition) is 6. The Bertz CT molecular complexity index is 1430. The number of alkyl halides is 3. The lowest BCUT2D eigenvalue weighted by atomic mass is 10.1. The maximum atomic E-state index is 12.9. The number of rotatable bonds is 6. The van der Waals surface area contributed by atoms with Crippen LogP contribution in [0.25, 0.3) is 17.1 Å². The van der Waals surface area contributed by atoms with E-state index in [0.29, 0.717) is 22.5 Å². The number of nitro benzene ring substituents is 1. The van der Waals surface area contributed by atoms with E-state index in [-0.39, 0.29) is 23.1 Å². The van der Waals surface area contributed by atoms with Crippen molar-refractivity contribution in [3.8, 4) is 23.1 Å². The van der Waals surface area contributed by atoms with Crippen molar-refractivity contribution in [1.82, 2.24) is 14.8 Å². The summed E-state index contributed by atoms with van der Waals surface area (Å²) in [5, 5.41) is 18.0. The first-order valence-corrected chi connectivity index (χ1v) is 10.4. The lowest BCUT2D eigenvalue weighted by Gasteiger charge is -2.10. The highest BCUT2D eigenvalue weighted by atomic mass is 19.4. The average Bonchev–Trinajstić information content (AvgIpc) is 3.29. The molecule has 3 aromatic carbocycles. The van der Waals surface area contributed by atoms with Crippen molar-refractivity contribution in [3.05, 3.63) is 93.5 Å². The van der Waals surface area contributed by atoms with Crippen LogP contribution in [0.5, 0.6) is 6.01 Å². The molecule has 36 heavy (non-hydrogen) atoms. The molecule has 12 heteroatoms. The van der Waals surface area contributed by atoms with E-state index in [4.69, 9.17) is 4.74 Å². The number of aryl methyl sites for hydroxylation is 1. The van der Waals surface area contributed by atoms with Gasteiger partial charge in [0, 0.05) is 28.4 Å². The molecule has 0 saturated heterocycles. The van der Waals surface area contributed by atoms with Gasteiger partial charge in [-0.25, -0.2) is 4.68 Å². The zero-order valence-corrected chi connectivity index (χ0v) is 18.9. The quantitative estimate of drug-likeness (QED) is 0.281. The number of amides is 1. The number of ether oxygens (including phenoxy) is 1. The number of nitro groups is 1. The SMILES string of the molecule is COc1nc(-c2ccc(C(F)(F)F)cc2)n(-c2ccc(NC(=O)c3ccc(C)c([N+](=O)[O-])c3)cc2)n1. The van der Waals surface area contributed by atoms with Crippen LogP contribution in [0.2, 0.25) is 0 Å². The van der Waals surface area contributed by atoms with Crippen LogP contribution in [0, 0.1) is 17.0 Å². The van der Waals surface area contributed by atoms with Crippen LogP contribution >= 0.6 is 0 Å². The molecule has 0 unspecified atom stereocenters. The number of methoxy groups -OCH3 is 1. The number of nitrogens with one attached hydrogen (secondary N) is 1. The Balaban J connectivity index is 1.59. The molecule has 0 fully saturated rings.